The molecule has 0 amide bonds. The van der Waals surface area contributed by atoms with Gasteiger partial charge >= 0.3 is 98.1 Å². The fourth-order valence-electron chi connectivity index (χ4n) is 1.53. The summed E-state index contributed by atoms with van der Waals surface area (Å²) in [6.45, 7) is 2.11. The van der Waals surface area contributed by atoms with E-state index in [4.69, 9.17) is 0 Å². The van der Waals surface area contributed by atoms with Gasteiger partial charge in [-0.15, -0.1) is 0 Å². The summed E-state index contributed by atoms with van der Waals surface area (Å²) in [7, 11) is 0. The van der Waals surface area contributed by atoms with Crippen LogP contribution in [-0.4, -0.2) is 41.4 Å². The van der Waals surface area contributed by atoms with Gasteiger partial charge in [-0.1, -0.05) is 0 Å². The molecule has 3 heteroatoms. The number of fused-ring (bicyclic) bond motifs is 1. The third kappa shape index (κ3) is 1.83. The van der Waals surface area contributed by atoms with Crippen LogP contribution in [0.3, 0.4) is 0 Å². The molecule has 0 saturated heterocycles. The zero-order valence-electron chi connectivity index (χ0n) is 8.12. The standard InChI is InChI=1S/C10H7N.CH2.2Al/c1-8-2-3-10-7-11-5-4-9(10)6-8;;;/h2-4,6H,1H3;1H2;;. The van der Waals surface area contributed by atoms with Crippen LogP contribution in [0.5, 0.6) is 0 Å². The fraction of sp³-hybridized carbons (Fsp3) is 0.0909. The Morgan fingerprint density at radius 2 is 2.14 bits per heavy atom. The van der Waals surface area contributed by atoms with Crippen LogP contribution in [-0.2, 0) is 0 Å². The molecule has 1 aromatic heterocycles. The molecule has 0 bridgehead atoms. The van der Waals surface area contributed by atoms with E-state index in [9.17, 15) is 0 Å². The number of rotatable bonds is 1. The second-order valence-corrected chi connectivity index (χ2v) is 4.91. The molecule has 0 aliphatic heterocycles. The minimum atomic E-state index is 0.0535. The van der Waals surface area contributed by atoms with E-state index in [0.717, 1.165) is 9.11 Å². The predicted octanol–water partition coefficient (Wildman–Crippen LogP) is 0.0985. The van der Waals surface area contributed by atoms with Gasteiger partial charge in [0, 0.05) is 0 Å². The van der Waals surface area contributed by atoms with Crippen molar-refractivity contribution in [2.75, 3.05) is 0 Å². The Morgan fingerprint density at radius 1 is 1.36 bits per heavy atom. The molecule has 0 atom stereocenters. The van der Waals surface area contributed by atoms with Crippen molar-refractivity contribution in [2.24, 2.45) is 0 Å². The first-order valence-electron chi connectivity index (χ1n) is 4.50. The zero-order chi connectivity index (χ0) is 10.1. The first-order chi connectivity index (χ1) is 6.70. The molecule has 1 aromatic carbocycles. The number of aromatic nitrogens is 1. The first kappa shape index (κ1) is 10.1. The molecule has 0 fully saturated rings. The molecule has 0 N–H and O–H groups in total. The maximum absolute atomic E-state index is 4.49. The number of pyridine rings is 1. The molecular weight excluding hydrogens is 200 g/mol. The molecule has 0 saturated carbocycles. The molecule has 2 aromatic rings. The third-order valence-electron chi connectivity index (χ3n) is 2.25. The van der Waals surface area contributed by atoms with Gasteiger partial charge in [0.1, 0.15) is 0 Å². The van der Waals surface area contributed by atoms with Crippen LogP contribution >= 0.6 is 0 Å². The van der Waals surface area contributed by atoms with Crippen molar-refractivity contribution in [1.82, 2.24) is 4.98 Å². The molecule has 1 heterocycles. The van der Waals surface area contributed by atoms with Crippen LogP contribution in [0.4, 0.5) is 0 Å². The van der Waals surface area contributed by atoms with Crippen molar-refractivity contribution in [3.63, 3.8) is 0 Å². The summed E-state index contributed by atoms with van der Waals surface area (Å²) in [6.07, 6.45) is 0. The van der Waals surface area contributed by atoms with Gasteiger partial charge in [0.15, 0.2) is 0 Å². The van der Waals surface area contributed by atoms with Gasteiger partial charge in [0.2, 0.25) is 0 Å². The summed E-state index contributed by atoms with van der Waals surface area (Å²) in [4.78, 5) is 4.49. The summed E-state index contributed by atoms with van der Waals surface area (Å²) in [5.74, 6) is 0. The van der Waals surface area contributed by atoms with Crippen molar-refractivity contribution >= 4 is 56.3 Å². The monoisotopic (exact) mass is 209 g/mol. The Morgan fingerprint density at radius 3 is 2.86 bits per heavy atom. The summed E-state index contributed by atoms with van der Waals surface area (Å²) in [6, 6.07) is 8.60. The molecular formula is C11H9Al2N. The van der Waals surface area contributed by atoms with Crippen molar-refractivity contribution in [3.05, 3.63) is 29.8 Å². The van der Waals surface area contributed by atoms with E-state index in [1.807, 2.05) is 0 Å². The van der Waals surface area contributed by atoms with Gasteiger partial charge in [0.25, 0.3) is 0 Å². The van der Waals surface area contributed by atoms with Gasteiger partial charge < -0.3 is 0 Å². The molecule has 0 spiro atoms. The molecule has 0 aliphatic carbocycles. The van der Waals surface area contributed by atoms with Crippen molar-refractivity contribution < 1.29 is 0 Å². The SMILES string of the molecule is [CH2]=[Al][c]1cc2cc(C)ccc2[c]([Al])n1. The van der Waals surface area contributed by atoms with Crippen LogP contribution in [0.1, 0.15) is 5.56 Å². The van der Waals surface area contributed by atoms with Crippen LogP contribution in [0, 0.1) is 6.92 Å². The average Bonchev–Trinajstić information content (AvgIpc) is 2.16. The van der Waals surface area contributed by atoms with Crippen LogP contribution in [0.15, 0.2) is 24.3 Å². The van der Waals surface area contributed by atoms with Gasteiger partial charge in [-0.25, -0.2) is 0 Å². The van der Waals surface area contributed by atoms with E-state index < -0.39 is 0 Å². The fourth-order valence-corrected chi connectivity index (χ4v) is 2.62. The van der Waals surface area contributed by atoms with E-state index in [-0.39, 0.29) is 14.8 Å². The van der Waals surface area contributed by atoms with Gasteiger partial charge in [0.05, 0.1) is 0 Å². The Labute approximate surface area is 97.8 Å². The molecule has 2 rings (SSSR count). The summed E-state index contributed by atoms with van der Waals surface area (Å²) >= 11 is 2.75. The number of hydrogen-bond acceptors (Lipinski definition) is 1. The summed E-state index contributed by atoms with van der Waals surface area (Å²) < 4.78 is 2.17. The van der Waals surface area contributed by atoms with E-state index in [1.54, 1.807) is 0 Å². The van der Waals surface area contributed by atoms with Crippen LogP contribution < -0.4 is 9.11 Å². The van der Waals surface area contributed by atoms with E-state index in [1.165, 1.54) is 16.3 Å². The van der Waals surface area contributed by atoms with E-state index in [0.29, 0.717) is 0 Å². The van der Waals surface area contributed by atoms with Crippen LogP contribution in [0.25, 0.3) is 10.8 Å². The Balaban J connectivity index is 2.83. The minimum absolute atomic E-state index is 0.0535. The van der Waals surface area contributed by atoms with Crippen molar-refractivity contribution in [2.45, 2.75) is 6.92 Å². The third-order valence-corrected chi connectivity index (χ3v) is 3.40. The molecule has 0 unspecified atom stereocenters. The number of nitrogens with zero attached hydrogens (tertiary/aromatic N) is 1. The maximum atomic E-state index is 4.49. The molecule has 64 valence electrons. The normalized spacial score (nSPS) is 10.1. The zero-order valence-corrected chi connectivity index (χ0v) is 10.4. The molecule has 14 heavy (non-hydrogen) atoms. The second kappa shape index (κ2) is 3.97. The quantitative estimate of drug-likeness (QED) is 0.607. The van der Waals surface area contributed by atoms with E-state index >= 15 is 0 Å². The Bertz CT molecular complexity index is 506. The predicted molar refractivity (Wildman–Crippen MR) is 64.4 cm³/mol. The number of hydrogen-bond donors (Lipinski definition) is 0. The Hall–Kier alpha value is -0.435. The number of benzene rings is 1. The molecule has 1 nitrogen and oxygen atoms in total. The van der Waals surface area contributed by atoms with Crippen molar-refractivity contribution in [3.8, 4) is 0 Å². The van der Waals surface area contributed by atoms with Crippen molar-refractivity contribution in [1.29, 1.82) is 0 Å². The van der Waals surface area contributed by atoms with Gasteiger partial charge in [-0.05, 0) is 0 Å². The molecule has 0 aliphatic rings. The van der Waals surface area contributed by atoms with Gasteiger partial charge in [-0.2, -0.15) is 0 Å². The summed E-state index contributed by atoms with van der Waals surface area (Å²) in [5, 5.41) is 6.43. The number of aryl methyl sites for hydroxylation is 1. The summed E-state index contributed by atoms with van der Waals surface area (Å²) in [5.41, 5.74) is 1.29. The van der Waals surface area contributed by atoms with Gasteiger partial charge in [-0.3, -0.25) is 0 Å². The second-order valence-electron chi connectivity index (χ2n) is 3.36. The van der Waals surface area contributed by atoms with Crippen LogP contribution in [0.2, 0.25) is 0 Å². The first-order valence-corrected chi connectivity index (χ1v) is 6.47. The van der Waals surface area contributed by atoms with E-state index in [2.05, 4.69) is 57.8 Å². The average molecular weight is 209 g/mol. The molecule has 2 radical (unpaired) electrons. The Kier molecular flexibility index (Phi) is 2.87. The topological polar surface area (TPSA) is 12.9 Å².